The lowest BCUT2D eigenvalue weighted by Crippen LogP contribution is -2.44. The monoisotopic (exact) mass is 455 g/mol. The largest absolute Gasteiger partial charge is 0.373 e. The maximum Gasteiger partial charge on any atom is 0.129 e. The number of aromatic nitrogens is 4. The lowest BCUT2D eigenvalue weighted by Gasteiger charge is -2.33. The first kappa shape index (κ1) is 23.4. The number of fused-ring (bicyclic) bond motifs is 1. The molecule has 0 atom stereocenters. The van der Waals surface area contributed by atoms with E-state index in [9.17, 15) is 0 Å². The molecule has 176 valence electrons. The molecule has 0 radical (unpaired) electrons. The summed E-state index contributed by atoms with van der Waals surface area (Å²) in [5, 5.41) is 9.72. The van der Waals surface area contributed by atoms with E-state index in [0.717, 1.165) is 54.3 Å². The van der Waals surface area contributed by atoms with Crippen molar-refractivity contribution in [3.8, 4) is 11.1 Å². The van der Waals surface area contributed by atoms with Crippen molar-refractivity contribution < 1.29 is 0 Å². The van der Waals surface area contributed by atoms with Crippen LogP contribution in [0.15, 0.2) is 61.7 Å². The van der Waals surface area contributed by atoms with Crippen LogP contribution in [0.1, 0.15) is 11.1 Å². The number of nitrogens with one attached hydrogen (secondary N) is 1. The number of aryl methyl sites for hydroxylation is 2. The molecule has 4 heterocycles. The van der Waals surface area contributed by atoms with E-state index in [1.54, 1.807) is 0 Å². The minimum Gasteiger partial charge on any atom is -0.373 e. The number of hydrogen-bond acceptors (Lipinski definition) is 6. The van der Waals surface area contributed by atoms with Gasteiger partial charge in [-0.15, -0.1) is 0 Å². The highest BCUT2D eigenvalue weighted by Crippen LogP contribution is 2.28. The van der Waals surface area contributed by atoms with Gasteiger partial charge in [0.25, 0.3) is 0 Å². The molecule has 4 aromatic rings. The van der Waals surface area contributed by atoms with Crippen molar-refractivity contribution >= 4 is 28.5 Å². The second-order valence-electron chi connectivity index (χ2n) is 8.63. The van der Waals surface area contributed by atoms with Crippen LogP contribution in [0.5, 0.6) is 0 Å². The number of rotatable bonds is 4. The van der Waals surface area contributed by atoms with Gasteiger partial charge in [-0.05, 0) is 54.2 Å². The molecule has 0 spiro atoms. The van der Waals surface area contributed by atoms with Crippen LogP contribution in [0.3, 0.4) is 0 Å². The fraction of sp³-hybridized carbons (Fsp3) is 0.296. The molecule has 3 aromatic heterocycles. The van der Waals surface area contributed by atoms with Crippen molar-refractivity contribution in [1.29, 1.82) is 0 Å². The number of anilines is 2. The lowest BCUT2D eigenvalue weighted by molar-refractivity contribution is 0.312. The Kier molecular flexibility index (Phi) is 7.23. The molecular formula is C27H33N7. The van der Waals surface area contributed by atoms with Crippen LogP contribution in [-0.4, -0.2) is 64.9 Å². The van der Waals surface area contributed by atoms with E-state index in [-0.39, 0.29) is 0 Å². The number of benzene rings is 1. The van der Waals surface area contributed by atoms with Crippen molar-refractivity contribution in [2.75, 3.05) is 50.5 Å². The Labute approximate surface area is 201 Å². The first-order chi connectivity index (χ1) is 16.5. The summed E-state index contributed by atoms with van der Waals surface area (Å²) < 4.78 is 1.82. The van der Waals surface area contributed by atoms with Crippen molar-refractivity contribution in [2.24, 2.45) is 7.05 Å². The van der Waals surface area contributed by atoms with Gasteiger partial charge in [0.15, 0.2) is 0 Å². The molecule has 1 fully saturated rings. The number of hydrogen-bond donors (Lipinski definition) is 1. The standard InChI is InChI=1S/C15H16N4.C12H17N3/c1-10-14-6-11(13-8-18-19(3)9-13)4-5-12(14)7-17-15(10)16-2;1-3-11-4-5-13-12(10-11)15-8-6-14(2)7-9-15/h4-9H,1-3H3,(H,16,17);3-5,10H,1,6-9H2,2H3. The van der Waals surface area contributed by atoms with Gasteiger partial charge in [0, 0.05) is 69.8 Å². The quantitative estimate of drug-likeness (QED) is 0.490. The smallest absolute Gasteiger partial charge is 0.129 e. The molecule has 1 aliphatic rings. The molecule has 7 heteroatoms. The lowest BCUT2D eigenvalue weighted by atomic mass is 10.0. The van der Waals surface area contributed by atoms with Gasteiger partial charge in [0.2, 0.25) is 0 Å². The van der Waals surface area contributed by atoms with Crippen LogP contribution in [0, 0.1) is 6.92 Å². The summed E-state index contributed by atoms with van der Waals surface area (Å²) in [6.45, 7) is 10.2. The van der Waals surface area contributed by atoms with Crippen LogP contribution in [0.25, 0.3) is 28.0 Å². The summed E-state index contributed by atoms with van der Waals surface area (Å²) in [4.78, 5) is 13.5. The number of piperazine rings is 1. The normalized spacial score (nSPS) is 13.9. The van der Waals surface area contributed by atoms with E-state index in [0.29, 0.717) is 0 Å². The Morgan fingerprint density at radius 1 is 0.971 bits per heavy atom. The van der Waals surface area contributed by atoms with Crippen LogP contribution < -0.4 is 10.2 Å². The molecule has 0 unspecified atom stereocenters. The third-order valence-corrected chi connectivity index (χ3v) is 6.25. The fourth-order valence-corrected chi connectivity index (χ4v) is 4.12. The van der Waals surface area contributed by atoms with Gasteiger partial charge in [-0.3, -0.25) is 4.68 Å². The molecule has 0 amide bonds. The molecule has 5 rings (SSSR count). The SMILES string of the molecule is C=Cc1ccnc(N2CCN(C)CC2)c1.CNc1ncc2ccc(-c3cnn(C)c3)cc2c1C. The van der Waals surface area contributed by atoms with Gasteiger partial charge < -0.3 is 15.1 Å². The third kappa shape index (κ3) is 5.26. The zero-order valence-corrected chi connectivity index (χ0v) is 20.5. The van der Waals surface area contributed by atoms with E-state index in [1.807, 2.05) is 55.7 Å². The summed E-state index contributed by atoms with van der Waals surface area (Å²) in [6.07, 6.45) is 9.53. The number of nitrogens with zero attached hydrogens (tertiary/aromatic N) is 6. The average Bonchev–Trinajstić information content (AvgIpc) is 3.31. The minimum atomic E-state index is 0.927. The Morgan fingerprint density at radius 3 is 2.44 bits per heavy atom. The first-order valence-corrected chi connectivity index (χ1v) is 11.6. The molecule has 1 aliphatic heterocycles. The Hall–Kier alpha value is -3.71. The summed E-state index contributed by atoms with van der Waals surface area (Å²) in [6, 6.07) is 10.5. The molecule has 0 bridgehead atoms. The van der Waals surface area contributed by atoms with Crippen molar-refractivity contribution in [1.82, 2.24) is 24.6 Å². The zero-order chi connectivity index (χ0) is 24.1. The number of likely N-dealkylation sites (N-methyl/N-ethyl adjacent to an activating group) is 1. The van der Waals surface area contributed by atoms with Gasteiger partial charge in [-0.1, -0.05) is 24.8 Å². The average molecular weight is 456 g/mol. The van der Waals surface area contributed by atoms with Gasteiger partial charge in [0.05, 0.1) is 6.20 Å². The third-order valence-electron chi connectivity index (χ3n) is 6.25. The van der Waals surface area contributed by atoms with Crippen LogP contribution in [-0.2, 0) is 7.05 Å². The molecule has 0 aliphatic carbocycles. The van der Waals surface area contributed by atoms with E-state index in [2.05, 4.69) is 75.0 Å². The fourth-order valence-electron chi connectivity index (χ4n) is 4.12. The predicted molar refractivity (Wildman–Crippen MR) is 142 cm³/mol. The first-order valence-electron chi connectivity index (χ1n) is 11.6. The summed E-state index contributed by atoms with van der Waals surface area (Å²) in [7, 11) is 5.98. The van der Waals surface area contributed by atoms with Crippen LogP contribution >= 0.6 is 0 Å². The second-order valence-corrected chi connectivity index (χ2v) is 8.63. The summed E-state index contributed by atoms with van der Waals surface area (Å²) in [5.41, 5.74) is 4.62. The zero-order valence-electron chi connectivity index (χ0n) is 20.5. The molecule has 1 N–H and O–H groups in total. The summed E-state index contributed by atoms with van der Waals surface area (Å²) >= 11 is 0. The highest BCUT2D eigenvalue weighted by atomic mass is 15.3. The van der Waals surface area contributed by atoms with Gasteiger partial charge in [0.1, 0.15) is 11.6 Å². The van der Waals surface area contributed by atoms with E-state index >= 15 is 0 Å². The Morgan fingerprint density at radius 2 is 1.76 bits per heavy atom. The molecule has 1 saturated heterocycles. The van der Waals surface area contributed by atoms with Gasteiger partial charge in [-0.25, -0.2) is 9.97 Å². The highest BCUT2D eigenvalue weighted by Gasteiger charge is 2.14. The molecule has 1 aromatic carbocycles. The van der Waals surface area contributed by atoms with Gasteiger partial charge >= 0.3 is 0 Å². The maximum absolute atomic E-state index is 4.40. The summed E-state index contributed by atoms with van der Waals surface area (Å²) in [5.74, 6) is 2.00. The maximum atomic E-state index is 4.40. The predicted octanol–water partition coefficient (Wildman–Crippen LogP) is 4.46. The second kappa shape index (κ2) is 10.5. The highest BCUT2D eigenvalue weighted by molar-refractivity contribution is 5.91. The van der Waals surface area contributed by atoms with Gasteiger partial charge in [-0.2, -0.15) is 5.10 Å². The minimum absolute atomic E-state index is 0.927. The van der Waals surface area contributed by atoms with Crippen LogP contribution in [0.2, 0.25) is 0 Å². The molecule has 0 saturated carbocycles. The van der Waals surface area contributed by atoms with Crippen molar-refractivity contribution in [3.63, 3.8) is 0 Å². The topological polar surface area (TPSA) is 62.1 Å². The van der Waals surface area contributed by atoms with Crippen molar-refractivity contribution in [2.45, 2.75) is 6.92 Å². The molecular weight excluding hydrogens is 422 g/mol. The Bertz CT molecular complexity index is 1270. The Balaban J connectivity index is 0.000000166. The van der Waals surface area contributed by atoms with Crippen molar-refractivity contribution in [3.05, 3.63) is 72.8 Å². The molecule has 34 heavy (non-hydrogen) atoms. The van der Waals surface area contributed by atoms with E-state index in [4.69, 9.17) is 0 Å². The number of pyridine rings is 2. The van der Waals surface area contributed by atoms with E-state index < -0.39 is 0 Å². The molecule has 7 nitrogen and oxygen atoms in total. The van der Waals surface area contributed by atoms with Crippen LogP contribution in [0.4, 0.5) is 11.6 Å². The van der Waals surface area contributed by atoms with E-state index in [1.165, 1.54) is 16.5 Å².